The second-order valence-corrected chi connectivity index (χ2v) is 7.46. The zero-order chi connectivity index (χ0) is 19.3. The molecule has 1 aliphatic rings. The number of rotatable bonds is 6. The minimum Gasteiger partial charge on any atom is -0.497 e. The molecule has 1 heterocycles. The van der Waals surface area contributed by atoms with Gasteiger partial charge in [0.25, 0.3) is 0 Å². The van der Waals surface area contributed by atoms with Gasteiger partial charge in [-0.2, -0.15) is 0 Å². The maximum Gasteiger partial charge on any atom is 0.244 e. The number of nitrogens with one attached hydrogen (secondary N) is 1. The minimum atomic E-state index is -3.96. The fourth-order valence-electron chi connectivity index (χ4n) is 2.61. The second kappa shape index (κ2) is 8.37. The van der Waals surface area contributed by atoms with Crippen LogP contribution in [-0.2, 0) is 19.6 Å². The maximum atomic E-state index is 12.5. The Bertz CT molecular complexity index is 772. The zero-order valence-corrected chi connectivity index (χ0v) is 15.8. The molecule has 0 spiro atoms. The summed E-state index contributed by atoms with van der Waals surface area (Å²) in [5.41, 5.74) is 0. The molecule has 144 valence electrons. The summed E-state index contributed by atoms with van der Waals surface area (Å²) in [6.45, 7) is 2.75. The molecule has 0 atom stereocenters. The van der Waals surface area contributed by atoms with Crippen LogP contribution in [0.5, 0.6) is 11.5 Å². The molecular weight excluding hydrogens is 362 g/mol. The van der Waals surface area contributed by atoms with E-state index in [2.05, 4.69) is 4.72 Å². The number of ether oxygens (including phenoxy) is 2. The predicted molar refractivity (Wildman–Crippen MR) is 93.6 cm³/mol. The van der Waals surface area contributed by atoms with Gasteiger partial charge in [-0.25, -0.2) is 13.1 Å². The van der Waals surface area contributed by atoms with E-state index in [0.717, 1.165) is 0 Å². The zero-order valence-electron chi connectivity index (χ0n) is 15.0. The van der Waals surface area contributed by atoms with E-state index >= 15 is 0 Å². The smallest absolute Gasteiger partial charge is 0.244 e. The van der Waals surface area contributed by atoms with Crippen LogP contribution in [0.25, 0.3) is 0 Å². The minimum absolute atomic E-state index is 0.0390. The van der Waals surface area contributed by atoms with Crippen molar-refractivity contribution in [3.05, 3.63) is 18.2 Å². The first kappa shape index (κ1) is 20.0. The lowest BCUT2D eigenvalue weighted by Crippen LogP contribution is -2.52. The number of methoxy groups -OCH3 is 2. The van der Waals surface area contributed by atoms with E-state index in [-0.39, 0.29) is 29.0 Å². The highest BCUT2D eigenvalue weighted by Crippen LogP contribution is 2.27. The van der Waals surface area contributed by atoms with Gasteiger partial charge >= 0.3 is 0 Å². The first-order valence-corrected chi connectivity index (χ1v) is 9.52. The summed E-state index contributed by atoms with van der Waals surface area (Å²) in [5.74, 6) is 0.125. The third-order valence-corrected chi connectivity index (χ3v) is 5.57. The summed E-state index contributed by atoms with van der Waals surface area (Å²) in [6.07, 6.45) is 0. The van der Waals surface area contributed by atoms with Crippen LogP contribution in [0.3, 0.4) is 0 Å². The van der Waals surface area contributed by atoms with Crippen LogP contribution < -0.4 is 14.2 Å². The molecule has 9 nitrogen and oxygen atoms in total. The quantitative estimate of drug-likeness (QED) is 0.719. The summed E-state index contributed by atoms with van der Waals surface area (Å²) in [6, 6.07) is 4.39. The van der Waals surface area contributed by atoms with Gasteiger partial charge in [-0.15, -0.1) is 0 Å². The Morgan fingerprint density at radius 2 is 1.69 bits per heavy atom. The topological polar surface area (TPSA) is 105 Å². The average molecular weight is 385 g/mol. The largest absolute Gasteiger partial charge is 0.497 e. The Morgan fingerprint density at radius 3 is 2.23 bits per heavy atom. The molecule has 1 aromatic carbocycles. The Hall–Kier alpha value is -2.33. The van der Waals surface area contributed by atoms with Gasteiger partial charge in [0.2, 0.25) is 21.8 Å². The number of amides is 2. The van der Waals surface area contributed by atoms with Crippen molar-refractivity contribution in [2.24, 2.45) is 0 Å². The van der Waals surface area contributed by atoms with E-state index < -0.39 is 10.0 Å². The molecule has 0 unspecified atom stereocenters. The fraction of sp³-hybridized carbons (Fsp3) is 0.500. The maximum absolute atomic E-state index is 12.5. The number of hydrogen-bond acceptors (Lipinski definition) is 6. The molecule has 2 rings (SSSR count). The third kappa shape index (κ3) is 4.64. The number of sulfonamides is 1. The number of carbonyl (C=O) groups excluding carboxylic acids is 2. The molecule has 0 radical (unpaired) electrons. The molecule has 1 aromatic rings. The number of nitrogens with zero attached hydrogens (tertiary/aromatic N) is 2. The van der Waals surface area contributed by atoms with Crippen molar-refractivity contribution in [3.8, 4) is 11.5 Å². The number of piperazine rings is 1. The van der Waals surface area contributed by atoms with Gasteiger partial charge < -0.3 is 19.3 Å². The van der Waals surface area contributed by atoms with Gasteiger partial charge in [-0.1, -0.05) is 0 Å². The van der Waals surface area contributed by atoms with E-state index in [1.165, 1.54) is 38.2 Å². The molecule has 0 aromatic heterocycles. The summed E-state index contributed by atoms with van der Waals surface area (Å²) in [4.78, 5) is 26.7. The van der Waals surface area contributed by atoms with Crippen molar-refractivity contribution < 1.29 is 27.5 Å². The second-order valence-electron chi connectivity index (χ2n) is 5.73. The molecule has 1 saturated heterocycles. The van der Waals surface area contributed by atoms with Crippen molar-refractivity contribution in [1.82, 2.24) is 14.5 Å². The molecule has 10 heteroatoms. The third-order valence-electron chi connectivity index (χ3n) is 4.15. The predicted octanol–water partition coefficient (Wildman–Crippen LogP) is -0.327. The van der Waals surface area contributed by atoms with Crippen LogP contribution in [0, 0.1) is 0 Å². The fourth-order valence-corrected chi connectivity index (χ4v) is 3.77. The van der Waals surface area contributed by atoms with Crippen molar-refractivity contribution in [2.75, 3.05) is 46.9 Å². The molecular formula is C16H23N3O6S. The SMILES string of the molecule is COc1ccc(OC)c(S(=O)(=O)NCC(=O)N2CCN(C(C)=O)CC2)c1. The van der Waals surface area contributed by atoms with E-state index in [9.17, 15) is 18.0 Å². The molecule has 1 fully saturated rings. The lowest BCUT2D eigenvalue weighted by atomic mass is 10.3. The highest BCUT2D eigenvalue weighted by atomic mass is 32.2. The summed E-state index contributed by atoms with van der Waals surface area (Å²) in [5, 5.41) is 0. The monoisotopic (exact) mass is 385 g/mol. The van der Waals surface area contributed by atoms with E-state index in [1.807, 2.05) is 0 Å². The lowest BCUT2D eigenvalue weighted by Gasteiger charge is -2.34. The summed E-state index contributed by atoms with van der Waals surface area (Å²) >= 11 is 0. The number of hydrogen-bond donors (Lipinski definition) is 1. The number of carbonyl (C=O) groups is 2. The first-order valence-electron chi connectivity index (χ1n) is 8.03. The van der Waals surface area contributed by atoms with Gasteiger partial charge in [0.15, 0.2) is 0 Å². The summed E-state index contributed by atoms with van der Waals surface area (Å²) < 4.78 is 37.5. The van der Waals surface area contributed by atoms with Crippen LogP contribution in [0.15, 0.2) is 23.1 Å². The first-order chi connectivity index (χ1) is 12.3. The van der Waals surface area contributed by atoms with Crippen molar-refractivity contribution in [2.45, 2.75) is 11.8 Å². The van der Waals surface area contributed by atoms with E-state index in [1.54, 1.807) is 11.0 Å². The molecule has 2 amide bonds. The van der Waals surface area contributed by atoms with Gasteiger partial charge in [-0.3, -0.25) is 9.59 Å². The molecule has 0 saturated carbocycles. The Balaban J connectivity index is 2.02. The highest BCUT2D eigenvalue weighted by Gasteiger charge is 2.25. The molecule has 0 bridgehead atoms. The van der Waals surface area contributed by atoms with Gasteiger partial charge in [0.05, 0.1) is 20.8 Å². The van der Waals surface area contributed by atoms with Gasteiger partial charge in [0, 0.05) is 39.2 Å². The number of benzene rings is 1. The van der Waals surface area contributed by atoms with Crippen LogP contribution in [0.4, 0.5) is 0 Å². The van der Waals surface area contributed by atoms with Crippen molar-refractivity contribution in [1.29, 1.82) is 0 Å². The van der Waals surface area contributed by atoms with Crippen LogP contribution in [0.1, 0.15) is 6.92 Å². The van der Waals surface area contributed by atoms with Gasteiger partial charge in [-0.05, 0) is 12.1 Å². The van der Waals surface area contributed by atoms with Crippen LogP contribution >= 0.6 is 0 Å². The van der Waals surface area contributed by atoms with Crippen molar-refractivity contribution in [3.63, 3.8) is 0 Å². The molecule has 0 aliphatic carbocycles. The lowest BCUT2D eigenvalue weighted by molar-refractivity contribution is -0.137. The van der Waals surface area contributed by atoms with Crippen LogP contribution in [0.2, 0.25) is 0 Å². The highest BCUT2D eigenvalue weighted by molar-refractivity contribution is 7.89. The Labute approximate surface area is 152 Å². The summed E-state index contributed by atoms with van der Waals surface area (Å²) in [7, 11) is -1.17. The molecule has 26 heavy (non-hydrogen) atoms. The van der Waals surface area contributed by atoms with Crippen LogP contribution in [-0.4, -0.2) is 77.0 Å². The normalized spacial score (nSPS) is 14.9. The Kier molecular flexibility index (Phi) is 6.43. The Morgan fingerprint density at radius 1 is 1.08 bits per heavy atom. The average Bonchev–Trinajstić information content (AvgIpc) is 2.65. The molecule has 1 N–H and O–H groups in total. The standard InChI is InChI=1S/C16H23N3O6S/c1-12(20)18-6-8-19(9-7-18)16(21)11-17-26(22,23)15-10-13(24-2)4-5-14(15)25-3/h4-5,10,17H,6-9,11H2,1-3H3. The molecule has 1 aliphatic heterocycles. The van der Waals surface area contributed by atoms with E-state index in [4.69, 9.17) is 9.47 Å². The van der Waals surface area contributed by atoms with Crippen molar-refractivity contribution >= 4 is 21.8 Å². The van der Waals surface area contributed by atoms with E-state index in [0.29, 0.717) is 31.9 Å². The van der Waals surface area contributed by atoms with Gasteiger partial charge in [0.1, 0.15) is 16.4 Å².